The fourth-order valence-electron chi connectivity index (χ4n) is 3.42. The molecule has 0 aliphatic heterocycles. The zero-order valence-electron chi connectivity index (χ0n) is 20.1. The van der Waals surface area contributed by atoms with Crippen LogP contribution in [0.3, 0.4) is 0 Å². The van der Waals surface area contributed by atoms with Gasteiger partial charge in [-0.25, -0.2) is 0 Å². The molecule has 0 spiro atoms. The molecule has 2 N–H and O–H groups in total. The summed E-state index contributed by atoms with van der Waals surface area (Å²) in [4.78, 5) is 27.6. The van der Waals surface area contributed by atoms with Gasteiger partial charge in [-0.1, -0.05) is 58.4 Å². The van der Waals surface area contributed by atoms with E-state index in [0.717, 1.165) is 16.5 Å². The van der Waals surface area contributed by atoms with E-state index in [9.17, 15) is 9.59 Å². The SMILES string of the molecule is COCCOc1ccc(Br)cc1C(=O)NC(=S)N(C)c1ccccc1C(=O)NCCc1ccccc1. The summed E-state index contributed by atoms with van der Waals surface area (Å²) in [6.07, 6.45) is 0.723. The average Bonchev–Trinajstić information content (AvgIpc) is 2.89. The van der Waals surface area contributed by atoms with Gasteiger partial charge >= 0.3 is 0 Å². The molecule has 0 radical (unpaired) electrons. The largest absolute Gasteiger partial charge is 0.490 e. The van der Waals surface area contributed by atoms with Crippen molar-refractivity contribution >= 4 is 50.8 Å². The molecule has 0 aliphatic rings. The second kappa shape index (κ2) is 13.7. The maximum absolute atomic E-state index is 13.1. The van der Waals surface area contributed by atoms with Crippen LogP contribution >= 0.6 is 28.1 Å². The van der Waals surface area contributed by atoms with Crippen LogP contribution in [0.2, 0.25) is 0 Å². The molecular weight excluding hydrogens is 542 g/mol. The van der Waals surface area contributed by atoms with Crippen LogP contribution in [0.5, 0.6) is 5.75 Å². The molecule has 0 aliphatic carbocycles. The third-order valence-corrected chi connectivity index (χ3v) is 6.18. The summed E-state index contributed by atoms with van der Waals surface area (Å²) in [5.41, 5.74) is 2.50. The number of nitrogens with zero attached hydrogens (tertiary/aromatic N) is 1. The van der Waals surface area contributed by atoms with Crippen LogP contribution in [0.15, 0.2) is 77.3 Å². The molecule has 0 atom stereocenters. The summed E-state index contributed by atoms with van der Waals surface area (Å²) in [6.45, 7) is 1.19. The number of hydrogen-bond acceptors (Lipinski definition) is 5. The minimum Gasteiger partial charge on any atom is -0.490 e. The van der Waals surface area contributed by atoms with Crippen LogP contribution < -0.4 is 20.3 Å². The highest BCUT2D eigenvalue weighted by Crippen LogP contribution is 2.24. The second-order valence-corrected chi connectivity index (χ2v) is 9.11. The van der Waals surface area contributed by atoms with Gasteiger partial charge in [-0.3, -0.25) is 14.9 Å². The van der Waals surface area contributed by atoms with Crippen molar-refractivity contribution in [2.24, 2.45) is 0 Å². The van der Waals surface area contributed by atoms with E-state index < -0.39 is 5.91 Å². The summed E-state index contributed by atoms with van der Waals surface area (Å²) < 4.78 is 11.4. The van der Waals surface area contributed by atoms with E-state index in [-0.39, 0.29) is 11.0 Å². The minimum atomic E-state index is -0.426. The Morgan fingerprint density at radius 2 is 1.67 bits per heavy atom. The summed E-state index contributed by atoms with van der Waals surface area (Å²) in [5, 5.41) is 5.84. The summed E-state index contributed by atoms with van der Waals surface area (Å²) in [5.74, 6) is -0.231. The zero-order valence-corrected chi connectivity index (χ0v) is 22.5. The second-order valence-electron chi connectivity index (χ2n) is 7.81. The Morgan fingerprint density at radius 1 is 0.944 bits per heavy atom. The lowest BCUT2D eigenvalue weighted by Gasteiger charge is -2.23. The molecule has 188 valence electrons. The van der Waals surface area contributed by atoms with Crippen molar-refractivity contribution in [3.05, 3.63) is 94.0 Å². The first kappa shape index (κ1) is 27.3. The molecule has 9 heteroatoms. The monoisotopic (exact) mass is 569 g/mol. The number of methoxy groups -OCH3 is 1. The lowest BCUT2D eigenvalue weighted by molar-refractivity contribution is 0.0952. The van der Waals surface area contributed by atoms with E-state index in [1.54, 1.807) is 55.5 Å². The number of amides is 2. The number of carbonyl (C=O) groups is 2. The van der Waals surface area contributed by atoms with Crippen LogP contribution in [0.1, 0.15) is 26.3 Å². The zero-order chi connectivity index (χ0) is 25.9. The highest BCUT2D eigenvalue weighted by atomic mass is 79.9. The Kier molecular flexibility index (Phi) is 10.4. The lowest BCUT2D eigenvalue weighted by atomic mass is 10.1. The smallest absolute Gasteiger partial charge is 0.261 e. The van der Waals surface area contributed by atoms with E-state index in [2.05, 4.69) is 26.6 Å². The van der Waals surface area contributed by atoms with E-state index >= 15 is 0 Å². The maximum Gasteiger partial charge on any atom is 0.261 e. The molecule has 3 rings (SSSR count). The number of hydrogen-bond donors (Lipinski definition) is 2. The molecule has 0 saturated carbocycles. The van der Waals surface area contributed by atoms with E-state index in [1.807, 2.05) is 36.4 Å². The third kappa shape index (κ3) is 7.61. The van der Waals surface area contributed by atoms with Crippen LogP contribution in [0.25, 0.3) is 0 Å². The van der Waals surface area contributed by atoms with E-state index in [4.69, 9.17) is 21.7 Å². The number of thiocarbonyl (C=S) groups is 1. The number of carbonyl (C=O) groups excluding carboxylic acids is 2. The fourth-order valence-corrected chi connectivity index (χ4v) is 3.97. The number of nitrogens with one attached hydrogen (secondary N) is 2. The predicted octanol–water partition coefficient (Wildman–Crippen LogP) is 4.60. The number of para-hydroxylation sites is 1. The van der Waals surface area contributed by atoms with Gasteiger partial charge in [-0.15, -0.1) is 0 Å². The maximum atomic E-state index is 13.1. The topological polar surface area (TPSA) is 79.9 Å². The average molecular weight is 571 g/mol. The van der Waals surface area contributed by atoms with Crippen LogP contribution in [-0.4, -0.2) is 50.8 Å². The lowest BCUT2D eigenvalue weighted by Crippen LogP contribution is -2.41. The Hall–Kier alpha value is -3.27. The number of anilines is 1. The molecule has 0 bridgehead atoms. The molecule has 0 saturated heterocycles. The van der Waals surface area contributed by atoms with Crippen LogP contribution in [0.4, 0.5) is 5.69 Å². The van der Waals surface area contributed by atoms with Gasteiger partial charge in [-0.05, 0) is 54.5 Å². The molecular formula is C27H28BrN3O4S. The Bertz CT molecular complexity index is 1210. The number of benzene rings is 3. The van der Waals surface area contributed by atoms with Crippen molar-refractivity contribution < 1.29 is 19.1 Å². The van der Waals surface area contributed by atoms with Crippen LogP contribution in [-0.2, 0) is 11.2 Å². The third-order valence-electron chi connectivity index (χ3n) is 5.31. The highest BCUT2D eigenvalue weighted by Gasteiger charge is 2.20. The van der Waals surface area contributed by atoms with Crippen LogP contribution in [0, 0.1) is 0 Å². The molecule has 0 fully saturated rings. The summed E-state index contributed by atoms with van der Waals surface area (Å²) >= 11 is 8.90. The quantitative estimate of drug-likeness (QED) is 0.274. The normalized spacial score (nSPS) is 10.4. The molecule has 0 heterocycles. The van der Waals surface area contributed by atoms with Gasteiger partial charge < -0.3 is 19.7 Å². The number of halogens is 1. The Morgan fingerprint density at radius 3 is 2.42 bits per heavy atom. The molecule has 36 heavy (non-hydrogen) atoms. The first-order chi connectivity index (χ1) is 17.4. The van der Waals surface area contributed by atoms with Crippen molar-refractivity contribution in [2.45, 2.75) is 6.42 Å². The molecule has 3 aromatic carbocycles. The fraction of sp³-hybridized carbons (Fsp3) is 0.222. The molecule has 7 nitrogen and oxygen atoms in total. The summed E-state index contributed by atoms with van der Waals surface area (Å²) in [7, 11) is 3.28. The molecule has 0 aromatic heterocycles. The van der Waals surface area contributed by atoms with Gasteiger partial charge in [0.25, 0.3) is 11.8 Å². The van der Waals surface area contributed by atoms with Gasteiger partial charge in [0.1, 0.15) is 12.4 Å². The Labute approximate surface area is 224 Å². The van der Waals surface area contributed by atoms with Crippen molar-refractivity contribution in [2.75, 3.05) is 38.8 Å². The van der Waals surface area contributed by atoms with E-state index in [1.165, 1.54) is 0 Å². The van der Waals surface area contributed by atoms with E-state index in [0.29, 0.717) is 42.3 Å². The predicted molar refractivity (Wildman–Crippen MR) is 149 cm³/mol. The van der Waals surface area contributed by atoms with Crippen molar-refractivity contribution in [3.8, 4) is 5.75 Å². The number of rotatable bonds is 10. The van der Waals surface area contributed by atoms with Gasteiger partial charge in [0, 0.05) is 25.2 Å². The molecule has 2 amide bonds. The standard InChI is InChI=1S/C27H28BrN3O4S/c1-31(27(36)30-26(33)22-18-20(28)12-13-24(22)35-17-16-34-2)23-11-7-6-10-21(23)25(32)29-15-14-19-8-4-3-5-9-19/h3-13,18H,14-17H2,1-2H3,(H,29,32)(H,30,33,36). The van der Waals surface area contributed by atoms with Gasteiger partial charge in [0.15, 0.2) is 5.11 Å². The number of ether oxygens (including phenoxy) is 2. The summed E-state index contributed by atoms with van der Waals surface area (Å²) in [6, 6.07) is 22.2. The molecule has 3 aromatic rings. The van der Waals surface area contributed by atoms with Crippen molar-refractivity contribution in [1.29, 1.82) is 0 Å². The van der Waals surface area contributed by atoms with Crippen molar-refractivity contribution in [1.82, 2.24) is 10.6 Å². The Balaban J connectivity index is 1.68. The van der Waals surface area contributed by atoms with Gasteiger partial charge in [-0.2, -0.15) is 0 Å². The first-order valence-electron chi connectivity index (χ1n) is 11.3. The van der Waals surface area contributed by atoms with Crippen molar-refractivity contribution in [3.63, 3.8) is 0 Å². The van der Waals surface area contributed by atoms with Gasteiger partial charge in [0.05, 0.1) is 23.4 Å². The molecule has 0 unspecified atom stereocenters. The first-order valence-corrected chi connectivity index (χ1v) is 12.5. The minimum absolute atomic E-state index is 0.146. The highest BCUT2D eigenvalue weighted by molar-refractivity contribution is 9.10. The van der Waals surface area contributed by atoms with Gasteiger partial charge in [0.2, 0.25) is 0 Å².